The Morgan fingerprint density at radius 2 is 0.897 bits per heavy atom. The molecule has 19 heteroatoms. The molecule has 11 aromatic rings. The average Bonchev–Trinajstić information content (AvgIpc) is 2.20. The maximum Gasteiger partial charge on any atom is 0.178 e. The van der Waals surface area contributed by atoms with E-state index in [9.17, 15) is 4.79 Å². The van der Waals surface area contributed by atoms with Crippen LogP contribution in [0.25, 0.3) is 34.0 Å². The number of para-hydroxylation sites is 5. The third-order valence-electron chi connectivity index (χ3n) is 12.6. The van der Waals surface area contributed by atoms with Crippen LogP contribution >= 0.6 is 0 Å². The Morgan fingerprint density at radius 1 is 0.402 bits per heavy atom. The first kappa shape index (κ1) is 61.5. The number of carbonyl (C=O) groups is 1. The number of aromatic nitrogens is 11. The molecule has 0 saturated heterocycles. The van der Waals surface area contributed by atoms with E-state index in [0.29, 0.717) is 5.82 Å². The number of anilines is 7. The largest absolute Gasteiger partial charge is 0.512 e. The standard InChI is InChI=1S/C14H14N2.C12H12N4.C11H9N.2C9H7N3.C8H10N4.C5H8O2/c1-15-11-16(12-7-3-2-4-8-12)14-10-6-5-9-13(14)15;1-15-9-16(12-8-13-6-7-14-12)11-5-3-2-4-10(11)15;1-2-6-10(7-3-1)11-8-4-5-9-12-11;1-2-5-10-8(4-1)9-11-6-3-7-12-9;1-2-8(6-10-3-1)9-7-11-4-5-12-9;1-11-4-5-12(7-11)8-6-9-2-3-10-8;1-4(6)3-5(2)7/h2-10H,11H2,1H3;2-8H,9H2,1H3;1-9H;2*1-7H;2-6H,7H2,1H3;3,6H,1-2H3. The molecule has 4 aromatic carbocycles. The Balaban J connectivity index is 0.000000133. The van der Waals surface area contributed by atoms with E-state index in [1.54, 1.807) is 92.8 Å². The Labute approximate surface area is 507 Å². The number of rotatable bonds is 7. The highest BCUT2D eigenvalue weighted by molar-refractivity contribution is 5.87. The average molecular weight is 1150 g/mol. The van der Waals surface area contributed by atoms with Gasteiger partial charge in [-0.15, -0.1) is 0 Å². The Bertz CT molecular complexity index is 3410. The van der Waals surface area contributed by atoms with Gasteiger partial charge in [-0.1, -0.05) is 84.9 Å². The predicted molar refractivity (Wildman–Crippen MR) is 346 cm³/mol. The summed E-state index contributed by atoms with van der Waals surface area (Å²) in [4.78, 5) is 68.3. The van der Waals surface area contributed by atoms with Crippen LogP contribution in [0.3, 0.4) is 0 Å². The zero-order valence-corrected chi connectivity index (χ0v) is 49.1. The molecule has 0 bridgehead atoms. The molecule has 0 radical (unpaired) electrons. The lowest BCUT2D eigenvalue weighted by Gasteiger charge is -2.19. The van der Waals surface area contributed by atoms with E-state index in [1.165, 1.54) is 48.4 Å². The summed E-state index contributed by atoms with van der Waals surface area (Å²) in [6, 6.07) is 54.7. The summed E-state index contributed by atoms with van der Waals surface area (Å²) in [7, 11) is 6.23. The second-order valence-electron chi connectivity index (χ2n) is 19.2. The minimum atomic E-state index is -0.125. The molecule has 10 heterocycles. The number of aliphatic hydroxyl groups excluding tert-OH is 1. The van der Waals surface area contributed by atoms with Gasteiger partial charge in [-0.2, -0.15) is 0 Å². The van der Waals surface area contributed by atoms with Crippen molar-refractivity contribution in [3.8, 4) is 34.0 Å². The molecule has 3 aliphatic heterocycles. The maximum absolute atomic E-state index is 10.0. The van der Waals surface area contributed by atoms with Crippen LogP contribution in [0.15, 0.2) is 281 Å². The molecule has 0 amide bonds. The topological polar surface area (TPSA) is 199 Å². The van der Waals surface area contributed by atoms with E-state index in [-0.39, 0.29) is 11.5 Å². The van der Waals surface area contributed by atoms with Gasteiger partial charge in [-0.3, -0.25) is 39.7 Å². The highest BCUT2D eigenvalue weighted by atomic mass is 16.3. The molecule has 1 N–H and O–H groups in total. The van der Waals surface area contributed by atoms with E-state index in [2.05, 4.69) is 178 Å². The van der Waals surface area contributed by atoms with Gasteiger partial charge in [0.1, 0.15) is 5.69 Å². The quantitative estimate of drug-likeness (QED) is 0.117. The van der Waals surface area contributed by atoms with E-state index in [4.69, 9.17) is 5.11 Å². The van der Waals surface area contributed by atoms with Crippen LogP contribution in [-0.4, -0.2) is 112 Å². The lowest BCUT2D eigenvalue weighted by atomic mass is 10.1. The lowest BCUT2D eigenvalue weighted by molar-refractivity contribution is -0.112. The van der Waals surface area contributed by atoms with Crippen LogP contribution in [0.5, 0.6) is 0 Å². The third kappa shape index (κ3) is 19.0. The molecule has 0 aliphatic carbocycles. The SMILES string of the molecule is CC(=O)C=C(C)O.CN1C=CN(c2cnccn2)C1.CN1CN(c2ccccc2)c2ccccc21.CN1CN(c2cnccn2)c2ccccc21.c1ccc(-c2ccccn2)cc1.c1ccc(-c2ncccn2)nc1.c1cncc(-c2cnccn2)c1. The van der Waals surface area contributed by atoms with Crippen molar-refractivity contribution in [2.75, 3.05) is 65.6 Å². The maximum atomic E-state index is 10.0. The number of fused-ring (bicyclic) bond motifs is 2. The number of aliphatic hydroxyl groups is 1. The van der Waals surface area contributed by atoms with Crippen LogP contribution in [-0.2, 0) is 4.79 Å². The van der Waals surface area contributed by atoms with Crippen LogP contribution in [0.1, 0.15) is 13.8 Å². The van der Waals surface area contributed by atoms with Gasteiger partial charge in [0.25, 0.3) is 0 Å². The van der Waals surface area contributed by atoms with Gasteiger partial charge in [0.2, 0.25) is 0 Å². The summed E-state index contributed by atoms with van der Waals surface area (Å²) in [6.45, 7) is 5.43. The summed E-state index contributed by atoms with van der Waals surface area (Å²) < 4.78 is 0. The van der Waals surface area contributed by atoms with Crippen molar-refractivity contribution < 1.29 is 9.90 Å². The van der Waals surface area contributed by atoms with Crippen molar-refractivity contribution in [2.24, 2.45) is 0 Å². The third-order valence-corrected chi connectivity index (χ3v) is 12.6. The summed E-state index contributed by atoms with van der Waals surface area (Å²) in [5.41, 5.74) is 11.1. The summed E-state index contributed by atoms with van der Waals surface area (Å²) in [6.07, 6.45) is 31.0. The highest BCUT2D eigenvalue weighted by Gasteiger charge is 2.25. The summed E-state index contributed by atoms with van der Waals surface area (Å²) in [5.74, 6) is 2.38. The number of pyridine rings is 3. The normalized spacial score (nSPS) is 12.3. The molecular formula is C68H67N17O2. The van der Waals surface area contributed by atoms with E-state index in [1.807, 2.05) is 103 Å². The van der Waals surface area contributed by atoms with Crippen LogP contribution in [0.2, 0.25) is 0 Å². The van der Waals surface area contributed by atoms with Crippen molar-refractivity contribution in [3.05, 3.63) is 281 Å². The fraction of sp³-hybridized carbons (Fsp3) is 0.118. The monoisotopic (exact) mass is 1150 g/mol. The molecule has 0 spiro atoms. The summed E-state index contributed by atoms with van der Waals surface area (Å²) in [5, 5.41) is 8.36. The molecule has 3 aliphatic rings. The first-order chi connectivity index (χ1) is 42.6. The number of hydrogen-bond acceptors (Lipinski definition) is 19. The molecular weight excluding hydrogens is 1090 g/mol. The van der Waals surface area contributed by atoms with E-state index < -0.39 is 0 Å². The number of nitrogens with zero attached hydrogens (tertiary/aromatic N) is 17. The molecule has 0 saturated carbocycles. The van der Waals surface area contributed by atoms with Gasteiger partial charge >= 0.3 is 0 Å². The molecule has 19 nitrogen and oxygen atoms in total. The minimum Gasteiger partial charge on any atom is -0.512 e. The van der Waals surface area contributed by atoms with Crippen LogP contribution in [0.4, 0.5) is 40.1 Å². The Hall–Kier alpha value is -11.6. The first-order valence-electron chi connectivity index (χ1n) is 27.7. The minimum absolute atomic E-state index is 0.0625. The van der Waals surface area contributed by atoms with Gasteiger partial charge < -0.3 is 34.5 Å². The van der Waals surface area contributed by atoms with E-state index >= 15 is 0 Å². The van der Waals surface area contributed by atoms with Crippen LogP contribution < -0.4 is 24.5 Å². The van der Waals surface area contributed by atoms with Gasteiger partial charge in [0.05, 0.1) is 78.5 Å². The fourth-order valence-corrected chi connectivity index (χ4v) is 8.66. The molecule has 7 aromatic heterocycles. The Kier molecular flexibility index (Phi) is 23.2. The molecule has 14 rings (SSSR count). The molecule has 0 atom stereocenters. The predicted octanol–water partition coefficient (Wildman–Crippen LogP) is 12.8. The second-order valence-corrected chi connectivity index (χ2v) is 19.2. The van der Waals surface area contributed by atoms with Crippen LogP contribution in [0, 0.1) is 0 Å². The molecule has 87 heavy (non-hydrogen) atoms. The first-order valence-corrected chi connectivity index (χ1v) is 27.7. The molecule has 0 fully saturated rings. The highest BCUT2D eigenvalue weighted by Crippen LogP contribution is 2.40. The van der Waals surface area contributed by atoms with Crippen molar-refractivity contribution >= 4 is 45.9 Å². The number of hydrogen-bond donors (Lipinski definition) is 1. The summed E-state index contributed by atoms with van der Waals surface area (Å²) >= 11 is 0. The van der Waals surface area contributed by atoms with Gasteiger partial charge in [0.15, 0.2) is 23.2 Å². The smallest absolute Gasteiger partial charge is 0.178 e. The second kappa shape index (κ2) is 32.9. The molecule has 0 unspecified atom stereocenters. The van der Waals surface area contributed by atoms with Gasteiger partial charge in [-0.25, -0.2) is 19.9 Å². The number of allylic oxidation sites excluding steroid dienone is 2. The number of ketones is 1. The van der Waals surface area contributed by atoms with Crippen molar-refractivity contribution in [3.63, 3.8) is 0 Å². The Morgan fingerprint density at radius 3 is 1.40 bits per heavy atom. The van der Waals surface area contributed by atoms with E-state index in [0.717, 1.165) is 59.9 Å². The zero-order valence-electron chi connectivity index (χ0n) is 49.1. The molecule has 436 valence electrons. The number of benzene rings is 4. The van der Waals surface area contributed by atoms with Crippen molar-refractivity contribution in [2.45, 2.75) is 13.8 Å². The lowest BCUT2D eigenvalue weighted by Crippen LogP contribution is -2.24. The number of carbonyl (C=O) groups excluding carboxylic acids is 1. The van der Waals surface area contributed by atoms with Crippen molar-refractivity contribution in [1.29, 1.82) is 0 Å². The van der Waals surface area contributed by atoms with Gasteiger partial charge in [-0.05, 0) is 92.7 Å². The zero-order chi connectivity index (χ0) is 60.8. The fourth-order valence-electron chi connectivity index (χ4n) is 8.66. The van der Waals surface area contributed by atoms with Gasteiger partial charge in [0, 0.05) is 131 Å². The van der Waals surface area contributed by atoms with Crippen molar-refractivity contribution in [1.82, 2.24) is 59.7 Å².